The van der Waals surface area contributed by atoms with Crippen molar-refractivity contribution >= 4 is 40.0 Å². The number of carbonyl (C=O) groups excluding carboxylic acids is 2. The minimum absolute atomic E-state index is 0.156. The van der Waals surface area contributed by atoms with Gasteiger partial charge in [0.2, 0.25) is 5.91 Å². The summed E-state index contributed by atoms with van der Waals surface area (Å²) in [5.74, 6) is 1.01. The van der Waals surface area contributed by atoms with E-state index in [4.69, 9.17) is 4.74 Å². The standard InChI is InChI=1S/C24H24N6O3S2/c1-15-4-6-16(7-5-15)19-13-34-23(26-19)27-21(31)14-35-24-29-28-20(30(24)2)12-25-22(32)17-8-10-18(33-3)11-9-17/h4-11,13H,12,14H2,1-3H3,(H,25,32)(H,26,27,31). The number of methoxy groups -OCH3 is 1. The van der Waals surface area contributed by atoms with E-state index in [0.29, 0.717) is 27.4 Å². The average Bonchev–Trinajstić information content (AvgIpc) is 3.48. The Kier molecular flexibility index (Phi) is 7.78. The van der Waals surface area contributed by atoms with E-state index in [1.165, 1.54) is 28.7 Å². The van der Waals surface area contributed by atoms with Gasteiger partial charge in [-0.15, -0.1) is 21.5 Å². The van der Waals surface area contributed by atoms with Crippen LogP contribution in [-0.2, 0) is 18.4 Å². The van der Waals surface area contributed by atoms with Gasteiger partial charge in [0.15, 0.2) is 16.1 Å². The van der Waals surface area contributed by atoms with Gasteiger partial charge in [-0.2, -0.15) is 0 Å². The number of thiazole rings is 1. The molecule has 180 valence electrons. The Morgan fingerprint density at radius 1 is 1.09 bits per heavy atom. The lowest BCUT2D eigenvalue weighted by atomic mass is 10.1. The molecule has 0 fully saturated rings. The smallest absolute Gasteiger partial charge is 0.251 e. The van der Waals surface area contributed by atoms with Crippen molar-refractivity contribution in [3.8, 4) is 17.0 Å². The molecular weight excluding hydrogens is 484 g/mol. The topological polar surface area (TPSA) is 111 Å². The molecule has 2 amide bonds. The zero-order valence-corrected chi connectivity index (χ0v) is 21.1. The monoisotopic (exact) mass is 508 g/mol. The highest BCUT2D eigenvalue weighted by molar-refractivity contribution is 7.99. The summed E-state index contributed by atoms with van der Waals surface area (Å²) in [6.07, 6.45) is 0. The predicted octanol–water partition coefficient (Wildman–Crippen LogP) is 3.92. The largest absolute Gasteiger partial charge is 0.497 e. The molecule has 0 spiro atoms. The molecule has 9 nitrogen and oxygen atoms in total. The molecule has 0 aliphatic carbocycles. The van der Waals surface area contributed by atoms with E-state index in [1.807, 2.05) is 36.6 Å². The Morgan fingerprint density at radius 3 is 2.54 bits per heavy atom. The number of ether oxygens (including phenoxy) is 1. The van der Waals surface area contributed by atoms with Gasteiger partial charge in [0.1, 0.15) is 5.75 Å². The number of hydrogen-bond acceptors (Lipinski definition) is 8. The molecule has 2 aromatic carbocycles. The van der Waals surface area contributed by atoms with Gasteiger partial charge in [-0.1, -0.05) is 41.6 Å². The Balaban J connectivity index is 1.27. The van der Waals surface area contributed by atoms with Crippen LogP contribution in [0.25, 0.3) is 11.3 Å². The first-order valence-electron chi connectivity index (χ1n) is 10.7. The third kappa shape index (κ3) is 6.25. The van der Waals surface area contributed by atoms with E-state index in [2.05, 4.69) is 25.8 Å². The van der Waals surface area contributed by atoms with Crippen LogP contribution in [0.15, 0.2) is 59.1 Å². The van der Waals surface area contributed by atoms with Crippen molar-refractivity contribution in [1.82, 2.24) is 25.1 Å². The lowest BCUT2D eigenvalue weighted by molar-refractivity contribution is -0.113. The van der Waals surface area contributed by atoms with Gasteiger partial charge in [-0.05, 0) is 31.2 Å². The van der Waals surface area contributed by atoms with Crippen molar-refractivity contribution in [1.29, 1.82) is 0 Å². The second kappa shape index (κ2) is 11.2. The maximum absolute atomic E-state index is 12.4. The van der Waals surface area contributed by atoms with E-state index in [9.17, 15) is 9.59 Å². The molecule has 0 saturated carbocycles. The van der Waals surface area contributed by atoms with E-state index in [1.54, 1.807) is 43.0 Å². The minimum atomic E-state index is -0.224. The zero-order valence-electron chi connectivity index (χ0n) is 19.4. The van der Waals surface area contributed by atoms with Crippen LogP contribution < -0.4 is 15.4 Å². The Morgan fingerprint density at radius 2 is 1.83 bits per heavy atom. The van der Waals surface area contributed by atoms with E-state index < -0.39 is 0 Å². The molecule has 0 atom stereocenters. The molecule has 0 unspecified atom stereocenters. The number of carbonyl (C=O) groups is 2. The van der Waals surface area contributed by atoms with Crippen molar-refractivity contribution in [2.75, 3.05) is 18.2 Å². The third-order valence-corrected chi connectivity index (χ3v) is 6.89. The number of aryl methyl sites for hydroxylation is 1. The van der Waals surface area contributed by atoms with Crippen LogP contribution in [0.4, 0.5) is 5.13 Å². The number of nitrogens with zero attached hydrogens (tertiary/aromatic N) is 4. The number of nitrogens with one attached hydrogen (secondary N) is 2. The third-order valence-electron chi connectivity index (χ3n) is 5.11. The summed E-state index contributed by atoms with van der Waals surface area (Å²) in [7, 11) is 3.37. The molecular formula is C24H24N6O3S2. The minimum Gasteiger partial charge on any atom is -0.497 e. The van der Waals surface area contributed by atoms with Crippen molar-refractivity contribution in [2.45, 2.75) is 18.6 Å². The SMILES string of the molecule is COc1ccc(C(=O)NCc2nnc(SCC(=O)Nc3nc(-c4ccc(C)cc4)cs3)n2C)cc1. The molecule has 0 aliphatic heterocycles. The molecule has 35 heavy (non-hydrogen) atoms. The fraction of sp³-hybridized carbons (Fsp3) is 0.208. The molecule has 0 radical (unpaired) electrons. The average molecular weight is 509 g/mol. The predicted molar refractivity (Wildman–Crippen MR) is 137 cm³/mol. The summed E-state index contributed by atoms with van der Waals surface area (Å²) >= 11 is 2.64. The van der Waals surface area contributed by atoms with Crippen LogP contribution >= 0.6 is 23.1 Å². The fourth-order valence-corrected chi connectivity index (χ4v) is 4.57. The van der Waals surface area contributed by atoms with Crippen molar-refractivity contribution in [3.63, 3.8) is 0 Å². The summed E-state index contributed by atoms with van der Waals surface area (Å²) in [4.78, 5) is 29.3. The second-order valence-electron chi connectivity index (χ2n) is 7.61. The highest BCUT2D eigenvalue weighted by Gasteiger charge is 2.14. The van der Waals surface area contributed by atoms with Gasteiger partial charge in [0.05, 0.1) is 25.1 Å². The first-order chi connectivity index (χ1) is 16.9. The quantitative estimate of drug-likeness (QED) is 0.330. The zero-order chi connectivity index (χ0) is 24.8. The molecule has 0 bridgehead atoms. The highest BCUT2D eigenvalue weighted by atomic mass is 32.2. The van der Waals surface area contributed by atoms with Gasteiger partial charge in [0, 0.05) is 23.6 Å². The molecule has 2 N–H and O–H groups in total. The fourth-order valence-electron chi connectivity index (χ4n) is 3.10. The maximum Gasteiger partial charge on any atom is 0.251 e. The summed E-state index contributed by atoms with van der Waals surface area (Å²) in [6.45, 7) is 2.24. The number of rotatable bonds is 9. The van der Waals surface area contributed by atoms with Crippen molar-refractivity contribution < 1.29 is 14.3 Å². The first kappa shape index (κ1) is 24.4. The number of benzene rings is 2. The van der Waals surface area contributed by atoms with Gasteiger partial charge in [0.25, 0.3) is 5.91 Å². The van der Waals surface area contributed by atoms with Crippen LogP contribution in [0, 0.1) is 6.92 Å². The van der Waals surface area contributed by atoms with Crippen LogP contribution in [-0.4, -0.2) is 44.4 Å². The van der Waals surface area contributed by atoms with E-state index in [-0.39, 0.29) is 24.1 Å². The maximum atomic E-state index is 12.4. The van der Waals surface area contributed by atoms with E-state index in [0.717, 1.165) is 11.3 Å². The number of hydrogen-bond donors (Lipinski definition) is 2. The molecule has 4 aromatic rings. The molecule has 0 saturated heterocycles. The van der Waals surface area contributed by atoms with Crippen LogP contribution in [0.3, 0.4) is 0 Å². The molecule has 2 aromatic heterocycles. The number of aromatic nitrogens is 4. The van der Waals surface area contributed by atoms with E-state index >= 15 is 0 Å². The van der Waals surface area contributed by atoms with Crippen molar-refractivity contribution in [2.24, 2.45) is 7.05 Å². The lowest BCUT2D eigenvalue weighted by Crippen LogP contribution is -2.24. The Hall–Kier alpha value is -3.70. The molecule has 0 aliphatic rings. The highest BCUT2D eigenvalue weighted by Crippen LogP contribution is 2.25. The first-order valence-corrected chi connectivity index (χ1v) is 12.5. The Labute approximate surface area is 211 Å². The van der Waals surface area contributed by atoms with Gasteiger partial charge in [-0.25, -0.2) is 4.98 Å². The van der Waals surface area contributed by atoms with Crippen LogP contribution in [0.1, 0.15) is 21.7 Å². The molecule has 2 heterocycles. The molecule has 11 heteroatoms. The van der Waals surface area contributed by atoms with Crippen molar-refractivity contribution in [3.05, 3.63) is 70.9 Å². The Bertz CT molecular complexity index is 1320. The number of anilines is 1. The summed E-state index contributed by atoms with van der Waals surface area (Å²) < 4.78 is 6.86. The summed E-state index contributed by atoms with van der Waals surface area (Å²) in [5, 5.41) is 17.0. The second-order valence-corrected chi connectivity index (χ2v) is 9.41. The van der Waals surface area contributed by atoms with Crippen LogP contribution in [0.2, 0.25) is 0 Å². The summed E-state index contributed by atoms with van der Waals surface area (Å²) in [5.41, 5.74) is 3.54. The summed E-state index contributed by atoms with van der Waals surface area (Å²) in [6, 6.07) is 14.9. The van der Waals surface area contributed by atoms with Crippen LogP contribution in [0.5, 0.6) is 5.75 Å². The van der Waals surface area contributed by atoms with Gasteiger partial charge >= 0.3 is 0 Å². The lowest BCUT2D eigenvalue weighted by Gasteiger charge is -2.07. The number of thioether (sulfide) groups is 1. The van der Waals surface area contributed by atoms with Gasteiger partial charge < -0.3 is 19.9 Å². The van der Waals surface area contributed by atoms with Gasteiger partial charge in [-0.3, -0.25) is 9.59 Å². The normalized spacial score (nSPS) is 10.7. The molecule has 4 rings (SSSR count). The number of amides is 2.